The van der Waals surface area contributed by atoms with Crippen molar-refractivity contribution in [3.8, 4) is 0 Å². The van der Waals surface area contributed by atoms with E-state index < -0.39 is 12.2 Å². The van der Waals surface area contributed by atoms with Gasteiger partial charge in [0, 0.05) is 6.04 Å². The van der Waals surface area contributed by atoms with Crippen LogP contribution >= 0.6 is 0 Å². The van der Waals surface area contributed by atoms with Crippen LogP contribution in [0.4, 0.5) is 5.82 Å². The minimum atomic E-state index is -0.439. The summed E-state index contributed by atoms with van der Waals surface area (Å²) < 4.78 is 28.6. The van der Waals surface area contributed by atoms with E-state index in [1.807, 2.05) is 66.0 Å². The van der Waals surface area contributed by atoms with Crippen LogP contribution in [-0.4, -0.2) is 45.6 Å². The Morgan fingerprint density at radius 2 is 1.33 bits per heavy atom. The van der Waals surface area contributed by atoms with E-state index in [0.717, 1.165) is 46.6 Å². The summed E-state index contributed by atoms with van der Waals surface area (Å²) in [4.78, 5) is 4.80. The second-order valence-electron chi connectivity index (χ2n) is 12.3. The third kappa shape index (κ3) is 7.16. The Labute approximate surface area is 270 Å². The molecule has 5 aromatic rings. The molecule has 0 bridgehead atoms. The molecule has 0 spiro atoms. The first-order chi connectivity index (χ1) is 22.7. The number of rotatable bonds is 13. The molecule has 7 rings (SSSR count). The maximum Gasteiger partial charge on any atom is 0.154 e. The number of fused-ring (bicyclic) bond motifs is 1. The fourth-order valence-electron chi connectivity index (χ4n) is 6.59. The molecule has 238 valence electrons. The normalized spacial score (nSPS) is 21.7. The lowest BCUT2D eigenvalue weighted by Gasteiger charge is -2.25. The molecular formula is C38H42N4O4. The number of hydrogen-bond acceptors (Lipinski definition) is 7. The van der Waals surface area contributed by atoms with Crippen molar-refractivity contribution in [2.75, 3.05) is 11.9 Å². The van der Waals surface area contributed by atoms with Crippen LogP contribution in [0.1, 0.15) is 60.0 Å². The highest BCUT2D eigenvalue weighted by atomic mass is 16.6. The lowest BCUT2D eigenvalue weighted by Crippen LogP contribution is -2.38. The number of hydrogen-bond donors (Lipinski definition) is 1. The molecule has 8 heteroatoms. The molecule has 1 aliphatic heterocycles. The predicted octanol–water partition coefficient (Wildman–Crippen LogP) is 7.22. The van der Waals surface area contributed by atoms with Crippen molar-refractivity contribution in [1.82, 2.24) is 14.6 Å². The van der Waals surface area contributed by atoms with Gasteiger partial charge in [-0.05, 0) is 48.6 Å². The molecule has 0 unspecified atom stereocenters. The fraction of sp³-hybridized carbons (Fsp3) is 0.368. The average molecular weight is 619 g/mol. The first kappa shape index (κ1) is 30.6. The van der Waals surface area contributed by atoms with Crippen molar-refractivity contribution < 1.29 is 18.9 Å². The van der Waals surface area contributed by atoms with Gasteiger partial charge in [0.25, 0.3) is 0 Å². The molecule has 2 aromatic heterocycles. The molecule has 0 radical (unpaired) electrons. The van der Waals surface area contributed by atoms with Crippen LogP contribution in [0.25, 0.3) is 5.52 Å². The van der Waals surface area contributed by atoms with Gasteiger partial charge in [-0.15, -0.1) is 0 Å². The molecule has 8 nitrogen and oxygen atoms in total. The topological polar surface area (TPSA) is 79.1 Å². The van der Waals surface area contributed by atoms with Crippen LogP contribution in [0.5, 0.6) is 0 Å². The number of ether oxygens (including phenoxy) is 4. The van der Waals surface area contributed by atoms with E-state index in [4.69, 9.17) is 29.0 Å². The number of aromatic nitrogens is 3. The van der Waals surface area contributed by atoms with Gasteiger partial charge in [-0.2, -0.15) is 5.10 Å². The fourth-order valence-corrected chi connectivity index (χ4v) is 6.59. The summed E-state index contributed by atoms with van der Waals surface area (Å²) in [6, 6.07) is 35.3. The van der Waals surface area contributed by atoms with Crippen LogP contribution in [-0.2, 0) is 38.8 Å². The third-order valence-electron chi connectivity index (χ3n) is 8.91. The number of nitrogens with one attached hydrogen (secondary N) is 1. The van der Waals surface area contributed by atoms with Gasteiger partial charge in [0.05, 0.1) is 32.1 Å². The largest absolute Gasteiger partial charge is 0.374 e. The van der Waals surface area contributed by atoms with Crippen molar-refractivity contribution in [3.05, 3.63) is 131 Å². The Morgan fingerprint density at radius 1 is 0.739 bits per heavy atom. The third-order valence-corrected chi connectivity index (χ3v) is 8.91. The van der Waals surface area contributed by atoms with E-state index in [1.54, 1.807) is 0 Å². The predicted molar refractivity (Wildman–Crippen MR) is 177 cm³/mol. The summed E-state index contributed by atoms with van der Waals surface area (Å²) in [5, 5.41) is 8.57. The average Bonchev–Trinajstić information content (AvgIpc) is 3.84. The van der Waals surface area contributed by atoms with Gasteiger partial charge in [-0.3, -0.25) is 0 Å². The van der Waals surface area contributed by atoms with Crippen molar-refractivity contribution in [1.29, 1.82) is 0 Å². The van der Waals surface area contributed by atoms with E-state index in [1.165, 1.54) is 12.8 Å². The smallest absolute Gasteiger partial charge is 0.154 e. The molecule has 2 fully saturated rings. The number of anilines is 1. The van der Waals surface area contributed by atoms with E-state index in [2.05, 4.69) is 53.8 Å². The zero-order valence-corrected chi connectivity index (χ0v) is 26.3. The van der Waals surface area contributed by atoms with E-state index in [9.17, 15) is 0 Å². The van der Waals surface area contributed by atoms with Gasteiger partial charge < -0.3 is 24.3 Å². The molecule has 3 aromatic carbocycles. The van der Waals surface area contributed by atoms with Crippen LogP contribution in [0.15, 0.2) is 103 Å². The Kier molecular flexibility index (Phi) is 9.68. The van der Waals surface area contributed by atoms with Crippen molar-refractivity contribution in [2.45, 2.75) is 82.9 Å². The lowest BCUT2D eigenvalue weighted by molar-refractivity contribution is -0.0898. The van der Waals surface area contributed by atoms with Crippen LogP contribution in [0.2, 0.25) is 0 Å². The van der Waals surface area contributed by atoms with Gasteiger partial charge in [-0.25, -0.2) is 9.50 Å². The summed E-state index contributed by atoms with van der Waals surface area (Å²) in [7, 11) is 0. The summed E-state index contributed by atoms with van der Waals surface area (Å²) >= 11 is 0. The molecule has 1 N–H and O–H groups in total. The second kappa shape index (κ2) is 14.6. The number of benzene rings is 3. The minimum Gasteiger partial charge on any atom is -0.374 e. The van der Waals surface area contributed by atoms with Crippen molar-refractivity contribution in [2.24, 2.45) is 0 Å². The summed E-state index contributed by atoms with van der Waals surface area (Å²) in [6.07, 6.45) is 3.23. The van der Waals surface area contributed by atoms with E-state index in [0.29, 0.717) is 38.3 Å². The van der Waals surface area contributed by atoms with Gasteiger partial charge in [0.15, 0.2) is 5.82 Å². The van der Waals surface area contributed by atoms with E-state index >= 15 is 0 Å². The molecular weight excluding hydrogens is 576 g/mol. The number of aryl methyl sites for hydroxylation is 1. The monoisotopic (exact) mass is 618 g/mol. The summed E-state index contributed by atoms with van der Waals surface area (Å²) in [6.45, 7) is 3.66. The SMILES string of the molecule is Cc1nc(NC2CCCC2)c2ccc([C@@H]3O[C@H](COCc4ccccc4)[C@@H](OCc4ccccc4)[C@H]3OCc3ccccc3)n2n1. The maximum absolute atomic E-state index is 6.89. The van der Waals surface area contributed by atoms with E-state index in [-0.39, 0.29) is 12.2 Å². The Hall–Kier alpha value is -4.08. The molecule has 1 aliphatic carbocycles. The summed E-state index contributed by atoms with van der Waals surface area (Å²) in [5.41, 5.74) is 5.14. The molecule has 4 atom stereocenters. The lowest BCUT2D eigenvalue weighted by atomic mass is 10.0. The first-order valence-electron chi connectivity index (χ1n) is 16.4. The molecule has 0 amide bonds. The van der Waals surface area contributed by atoms with Crippen LogP contribution in [0.3, 0.4) is 0 Å². The molecule has 2 aliphatic rings. The van der Waals surface area contributed by atoms with Crippen molar-refractivity contribution in [3.63, 3.8) is 0 Å². The second-order valence-corrected chi connectivity index (χ2v) is 12.3. The Bertz CT molecular complexity index is 1680. The van der Waals surface area contributed by atoms with Gasteiger partial charge in [0.2, 0.25) is 0 Å². The summed E-state index contributed by atoms with van der Waals surface area (Å²) in [5.74, 6) is 1.56. The standard InChI is InChI=1S/C38H42N4O4/c1-27-39-38(40-31-19-11-12-20-31)33-22-21-32(42(33)41-27)35-37(45-25-30-17-9-4-10-18-30)36(44-24-29-15-7-3-8-16-29)34(46-35)26-43-23-28-13-5-2-6-14-28/h2-10,13-18,21-22,31,34-37H,11-12,19-20,23-26H2,1H3,(H,39,40,41)/t34-,35+,36-,37+/m1/s1. The molecule has 46 heavy (non-hydrogen) atoms. The van der Waals surface area contributed by atoms with Gasteiger partial charge in [-0.1, -0.05) is 104 Å². The minimum absolute atomic E-state index is 0.359. The zero-order chi connectivity index (χ0) is 31.1. The molecule has 3 heterocycles. The molecule has 1 saturated carbocycles. The van der Waals surface area contributed by atoms with Crippen molar-refractivity contribution >= 4 is 11.3 Å². The highest BCUT2D eigenvalue weighted by Gasteiger charge is 2.48. The van der Waals surface area contributed by atoms with Crippen LogP contribution in [0, 0.1) is 6.92 Å². The Morgan fingerprint density at radius 3 is 1.96 bits per heavy atom. The highest BCUT2D eigenvalue weighted by Crippen LogP contribution is 2.39. The first-order valence-corrected chi connectivity index (χ1v) is 16.4. The quantitative estimate of drug-likeness (QED) is 0.149. The van der Waals surface area contributed by atoms with Crippen LogP contribution < -0.4 is 5.32 Å². The number of nitrogens with zero attached hydrogens (tertiary/aromatic N) is 3. The molecule has 1 saturated heterocycles. The maximum atomic E-state index is 6.89. The van der Waals surface area contributed by atoms with Gasteiger partial charge in [0.1, 0.15) is 35.8 Å². The highest BCUT2D eigenvalue weighted by molar-refractivity contribution is 5.69. The van der Waals surface area contributed by atoms with Gasteiger partial charge >= 0.3 is 0 Å². The zero-order valence-electron chi connectivity index (χ0n) is 26.3. The Balaban J connectivity index is 1.20.